The lowest BCUT2D eigenvalue weighted by atomic mass is 9.63. The fourth-order valence-electron chi connectivity index (χ4n) is 4.98. The normalized spacial score (nSPS) is 36.9. The number of amides is 3. The van der Waals surface area contributed by atoms with E-state index in [0.29, 0.717) is 23.1 Å². The average molecular weight is 338 g/mol. The molecule has 6 atom stereocenters. The number of methoxy groups -OCH3 is 1. The Hall–Kier alpha value is -2.63. The molecular weight excluding hydrogens is 320 g/mol. The lowest BCUT2D eigenvalue weighted by molar-refractivity contribution is -0.143. The number of carbonyl (C=O) groups is 3. The van der Waals surface area contributed by atoms with E-state index >= 15 is 0 Å². The first-order valence-electron chi connectivity index (χ1n) is 8.61. The molecule has 6 rings (SSSR count). The molecule has 128 valence electrons. The fraction of sp³-hybridized carbons (Fsp3) is 0.421. The number of hydrogen-bond donors (Lipinski definition) is 1. The van der Waals surface area contributed by atoms with E-state index in [-0.39, 0.29) is 35.5 Å². The molecule has 3 fully saturated rings. The molecule has 0 radical (unpaired) electrons. The Bertz CT molecular complexity index is 779. The molecule has 1 aromatic rings. The van der Waals surface area contributed by atoms with Crippen molar-refractivity contribution >= 4 is 17.7 Å². The summed E-state index contributed by atoms with van der Waals surface area (Å²) in [7, 11) is 1.55. The number of carbonyl (C=O) groups excluding carboxylic acids is 3. The van der Waals surface area contributed by atoms with Crippen LogP contribution in [0.15, 0.2) is 36.4 Å². The summed E-state index contributed by atoms with van der Waals surface area (Å²) in [6.45, 7) is 0. The Labute approximate surface area is 144 Å². The molecule has 1 aliphatic heterocycles. The highest BCUT2D eigenvalue weighted by molar-refractivity contribution is 6.08. The van der Waals surface area contributed by atoms with Gasteiger partial charge in [-0.1, -0.05) is 12.2 Å². The zero-order valence-electron chi connectivity index (χ0n) is 13.7. The van der Waals surface area contributed by atoms with E-state index in [1.807, 2.05) is 0 Å². The van der Waals surface area contributed by atoms with Crippen molar-refractivity contribution in [1.29, 1.82) is 0 Å². The van der Waals surface area contributed by atoms with Gasteiger partial charge in [-0.3, -0.25) is 19.8 Å². The third-order valence-electron chi connectivity index (χ3n) is 6.23. The number of nitrogens with zero attached hydrogens (tertiary/aromatic N) is 1. The number of hydrazine groups is 1. The Morgan fingerprint density at radius 1 is 1.04 bits per heavy atom. The van der Waals surface area contributed by atoms with Crippen molar-refractivity contribution in [3.05, 3.63) is 42.0 Å². The number of benzene rings is 1. The number of imide groups is 1. The van der Waals surface area contributed by atoms with Gasteiger partial charge in [0.2, 0.25) is 0 Å². The van der Waals surface area contributed by atoms with Crippen LogP contribution in [0.5, 0.6) is 5.75 Å². The molecule has 6 nitrogen and oxygen atoms in total. The molecular formula is C19H18N2O4. The van der Waals surface area contributed by atoms with E-state index in [9.17, 15) is 14.4 Å². The Balaban J connectivity index is 1.37. The SMILES string of the molecule is COc1ccc(C(=O)NN2C(=O)[C@@H]3[C@H]4C=C[C@H]([C@@H]5C[C@H]45)[C@@H]3C2=O)cc1. The number of ether oxygens (including phenoxy) is 1. The van der Waals surface area contributed by atoms with Gasteiger partial charge in [0, 0.05) is 5.56 Å². The lowest BCUT2D eigenvalue weighted by Gasteiger charge is -2.37. The average Bonchev–Trinajstić information content (AvgIpc) is 3.43. The number of nitrogens with one attached hydrogen (secondary N) is 1. The summed E-state index contributed by atoms with van der Waals surface area (Å²) >= 11 is 0. The van der Waals surface area contributed by atoms with Crippen molar-refractivity contribution in [2.75, 3.05) is 7.11 Å². The largest absolute Gasteiger partial charge is 0.497 e. The lowest BCUT2D eigenvalue weighted by Crippen LogP contribution is -2.46. The molecule has 0 spiro atoms. The van der Waals surface area contributed by atoms with Crippen molar-refractivity contribution in [3.8, 4) is 5.75 Å². The highest BCUT2D eigenvalue weighted by atomic mass is 16.5. The maximum atomic E-state index is 12.8. The van der Waals surface area contributed by atoms with Gasteiger partial charge in [0.15, 0.2) is 0 Å². The maximum absolute atomic E-state index is 12.8. The first-order valence-corrected chi connectivity index (χ1v) is 8.61. The van der Waals surface area contributed by atoms with E-state index in [1.165, 1.54) is 0 Å². The van der Waals surface area contributed by atoms with E-state index in [2.05, 4.69) is 17.6 Å². The molecule has 4 aliphatic carbocycles. The van der Waals surface area contributed by atoms with E-state index in [0.717, 1.165) is 11.4 Å². The van der Waals surface area contributed by atoms with E-state index < -0.39 is 5.91 Å². The van der Waals surface area contributed by atoms with Crippen molar-refractivity contribution < 1.29 is 19.1 Å². The fourth-order valence-corrected chi connectivity index (χ4v) is 4.98. The Morgan fingerprint density at radius 2 is 1.60 bits per heavy atom. The first-order chi connectivity index (χ1) is 12.1. The van der Waals surface area contributed by atoms with Crippen LogP contribution < -0.4 is 10.2 Å². The summed E-state index contributed by atoms with van der Waals surface area (Å²) in [5.74, 6) is 0.438. The maximum Gasteiger partial charge on any atom is 0.270 e. The van der Waals surface area contributed by atoms with Crippen LogP contribution in [-0.4, -0.2) is 29.8 Å². The minimum Gasteiger partial charge on any atom is -0.497 e. The molecule has 1 aromatic carbocycles. The predicted octanol–water partition coefficient (Wildman–Crippen LogP) is 1.39. The summed E-state index contributed by atoms with van der Waals surface area (Å²) in [5, 5.41) is 0.958. The van der Waals surface area contributed by atoms with Crippen LogP contribution in [0.3, 0.4) is 0 Å². The molecule has 25 heavy (non-hydrogen) atoms. The van der Waals surface area contributed by atoms with Gasteiger partial charge in [0.05, 0.1) is 18.9 Å². The van der Waals surface area contributed by atoms with Crippen LogP contribution in [-0.2, 0) is 9.59 Å². The van der Waals surface area contributed by atoms with Gasteiger partial charge in [0.25, 0.3) is 17.7 Å². The van der Waals surface area contributed by atoms with E-state index in [1.54, 1.807) is 31.4 Å². The summed E-state index contributed by atoms with van der Waals surface area (Å²) < 4.78 is 5.07. The molecule has 1 N–H and O–H groups in total. The second kappa shape index (κ2) is 4.94. The molecule has 1 saturated heterocycles. The second-order valence-corrected chi connectivity index (χ2v) is 7.34. The highest BCUT2D eigenvalue weighted by Crippen LogP contribution is 2.65. The smallest absolute Gasteiger partial charge is 0.270 e. The van der Waals surface area contributed by atoms with Gasteiger partial charge in [0.1, 0.15) is 5.75 Å². The minimum atomic E-state index is -0.464. The van der Waals surface area contributed by atoms with Gasteiger partial charge >= 0.3 is 0 Å². The van der Waals surface area contributed by atoms with Crippen molar-refractivity contribution in [3.63, 3.8) is 0 Å². The number of allylic oxidation sites excluding steroid dienone is 2. The summed E-state index contributed by atoms with van der Waals surface area (Å²) in [5.41, 5.74) is 2.89. The van der Waals surface area contributed by atoms with Crippen LogP contribution >= 0.6 is 0 Å². The number of hydrogen-bond acceptors (Lipinski definition) is 4. The Morgan fingerprint density at radius 3 is 2.12 bits per heavy atom. The van der Waals surface area contributed by atoms with Crippen molar-refractivity contribution in [2.24, 2.45) is 35.5 Å². The van der Waals surface area contributed by atoms with Crippen LogP contribution in [0.25, 0.3) is 0 Å². The van der Waals surface area contributed by atoms with Gasteiger partial charge in [-0.05, 0) is 54.4 Å². The summed E-state index contributed by atoms with van der Waals surface area (Å²) in [4.78, 5) is 38.1. The molecule has 5 aliphatic rings. The van der Waals surface area contributed by atoms with Gasteiger partial charge < -0.3 is 4.74 Å². The number of rotatable bonds is 3. The zero-order chi connectivity index (χ0) is 17.3. The topological polar surface area (TPSA) is 75.7 Å². The van der Waals surface area contributed by atoms with Crippen LogP contribution in [0.1, 0.15) is 16.8 Å². The van der Waals surface area contributed by atoms with Crippen molar-refractivity contribution in [1.82, 2.24) is 10.4 Å². The van der Waals surface area contributed by atoms with Gasteiger partial charge in [-0.15, -0.1) is 0 Å². The first kappa shape index (κ1) is 14.7. The third-order valence-corrected chi connectivity index (χ3v) is 6.23. The van der Waals surface area contributed by atoms with Crippen molar-refractivity contribution in [2.45, 2.75) is 6.42 Å². The van der Waals surface area contributed by atoms with Crippen LogP contribution in [0.2, 0.25) is 0 Å². The molecule has 2 saturated carbocycles. The second-order valence-electron chi connectivity index (χ2n) is 7.34. The van der Waals surface area contributed by atoms with Gasteiger partial charge in [-0.2, -0.15) is 5.01 Å². The van der Waals surface area contributed by atoms with Crippen LogP contribution in [0, 0.1) is 35.5 Å². The molecule has 0 unspecified atom stereocenters. The quantitative estimate of drug-likeness (QED) is 0.668. The van der Waals surface area contributed by atoms with Crippen LogP contribution in [0.4, 0.5) is 0 Å². The Kier molecular flexibility index (Phi) is 2.90. The predicted molar refractivity (Wildman–Crippen MR) is 87.0 cm³/mol. The molecule has 3 amide bonds. The third kappa shape index (κ3) is 1.94. The molecule has 2 bridgehead atoms. The monoisotopic (exact) mass is 338 g/mol. The minimum absolute atomic E-state index is 0.152. The van der Waals surface area contributed by atoms with E-state index in [4.69, 9.17) is 4.74 Å². The summed E-state index contributed by atoms with van der Waals surface area (Å²) in [6.07, 6.45) is 5.34. The summed E-state index contributed by atoms with van der Waals surface area (Å²) in [6, 6.07) is 6.54. The molecule has 0 aromatic heterocycles. The molecule has 6 heteroatoms. The zero-order valence-corrected chi connectivity index (χ0v) is 13.7. The highest BCUT2D eigenvalue weighted by Gasteiger charge is 2.67. The molecule has 1 heterocycles. The van der Waals surface area contributed by atoms with Gasteiger partial charge in [-0.25, -0.2) is 0 Å². The standard InChI is InChI=1S/C19H18N2O4/c1-25-10-4-2-9(3-5-10)17(22)20-21-18(23)15-11-6-7-12(14-8-13(11)14)16(15)19(21)24/h2-7,11-16H,8H2,1H3,(H,20,22)/t11-,12+,13+,14-,15+,16-.